The van der Waals surface area contributed by atoms with Gasteiger partial charge in [-0.05, 0) is 76.5 Å². The molecule has 0 N–H and O–H groups in total. The van der Waals surface area contributed by atoms with E-state index in [9.17, 15) is 4.39 Å². The van der Waals surface area contributed by atoms with Crippen LogP contribution in [-0.2, 0) is 6.42 Å². The standard InChI is InChI=1S/C23H31FN4/c1-5-18-8-9-20(25-21(18)27-16-17(2)15-22(27,3)4)28-14-10-19(26-28)7-6-11-23(24)12-13-23/h5,8-10,14,17H,1,6-7,11-13,15-16H2,2-4H3. The number of anilines is 1. The van der Waals surface area contributed by atoms with E-state index in [2.05, 4.69) is 43.4 Å². The monoisotopic (exact) mass is 382 g/mol. The molecule has 0 radical (unpaired) electrons. The Kier molecular flexibility index (Phi) is 4.80. The Balaban J connectivity index is 1.54. The van der Waals surface area contributed by atoms with Crippen molar-refractivity contribution in [3.63, 3.8) is 0 Å². The molecule has 4 rings (SSSR count). The molecule has 3 heterocycles. The van der Waals surface area contributed by atoms with Crippen molar-refractivity contribution in [1.82, 2.24) is 14.8 Å². The molecule has 28 heavy (non-hydrogen) atoms. The molecule has 0 bridgehead atoms. The highest BCUT2D eigenvalue weighted by atomic mass is 19.1. The number of hydrogen-bond acceptors (Lipinski definition) is 3. The lowest BCUT2D eigenvalue weighted by atomic mass is 9.97. The van der Waals surface area contributed by atoms with Crippen LogP contribution in [0.4, 0.5) is 10.2 Å². The zero-order valence-corrected chi connectivity index (χ0v) is 17.3. The Bertz CT molecular complexity index is 865. The van der Waals surface area contributed by atoms with Gasteiger partial charge in [-0.25, -0.2) is 14.1 Å². The number of hydrogen-bond donors (Lipinski definition) is 0. The first-order valence-electron chi connectivity index (χ1n) is 10.4. The van der Waals surface area contributed by atoms with Crippen LogP contribution < -0.4 is 4.90 Å². The molecule has 1 saturated carbocycles. The average Bonchev–Trinajstić information content (AvgIpc) is 3.08. The van der Waals surface area contributed by atoms with Gasteiger partial charge >= 0.3 is 0 Å². The van der Waals surface area contributed by atoms with Gasteiger partial charge in [-0.15, -0.1) is 0 Å². The normalized spacial score (nSPS) is 22.4. The van der Waals surface area contributed by atoms with Gasteiger partial charge in [0.25, 0.3) is 0 Å². The second-order valence-corrected chi connectivity index (χ2v) is 9.27. The number of rotatable bonds is 7. The van der Waals surface area contributed by atoms with Crippen LogP contribution in [-0.4, -0.2) is 32.5 Å². The average molecular weight is 383 g/mol. The topological polar surface area (TPSA) is 34.0 Å². The summed E-state index contributed by atoms with van der Waals surface area (Å²) in [5.41, 5.74) is 1.24. The highest BCUT2D eigenvalue weighted by molar-refractivity contribution is 5.65. The molecule has 2 fully saturated rings. The van der Waals surface area contributed by atoms with Gasteiger partial charge in [-0.1, -0.05) is 19.6 Å². The SMILES string of the molecule is C=Cc1ccc(-n2ccc(CCCC3(F)CC3)n2)nc1N1CC(C)CC1(C)C. The summed E-state index contributed by atoms with van der Waals surface area (Å²) in [6, 6.07) is 6.08. The molecule has 0 spiro atoms. The van der Waals surface area contributed by atoms with Crippen LogP contribution in [0.1, 0.15) is 64.1 Å². The molecule has 1 saturated heterocycles. The van der Waals surface area contributed by atoms with E-state index >= 15 is 0 Å². The molecular formula is C23H31FN4. The summed E-state index contributed by atoms with van der Waals surface area (Å²) in [6.07, 6.45) is 8.76. The van der Waals surface area contributed by atoms with Gasteiger partial charge in [0.05, 0.1) is 5.69 Å². The predicted molar refractivity (Wildman–Crippen MR) is 113 cm³/mol. The largest absolute Gasteiger partial charge is 0.351 e. The number of aromatic nitrogens is 3. The lowest BCUT2D eigenvalue weighted by Crippen LogP contribution is -2.39. The molecule has 2 aromatic rings. The van der Waals surface area contributed by atoms with Gasteiger partial charge in [0.15, 0.2) is 5.82 Å². The predicted octanol–water partition coefficient (Wildman–Crippen LogP) is 5.36. The Hall–Kier alpha value is -2.17. The smallest absolute Gasteiger partial charge is 0.155 e. The maximum Gasteiger partial charge on any atom is 0.155 e. The summed E-state index contributed by atoms with van der Waals surface area (Å²) in [6.45, 7) is 11.8. The fraction of sp³-hybridized carbons (Fsp3) is 0.565. The summed E-state index contributed by atoms with van der Waals surface area (Å²) in [5.74, 6) is 2.43. The van der Waals surface area contributed by atoms with Crippen LogP contribution in [0.25, 0.3) is 11.9 Å². The number of nitrogens with zero attached hydrogens (tertiary/aromatic N) is 4. The first-order chi connectivity index (χ1) is 13.3. The summed E-state index contributed by atoms with van der Waals surface area (Å²) in [5, 5.41) is 4.68. The summed E-state index contributed by atoms with van der Waals surface area (Å²) >= 11 is 0. The summed E-state index contributed by atoms with van der Waals surface area (Å²) in [4.78, 5) is 7.37. The van der Waals surface area contributed by atoms with E-state index in [4.69, 9.17) is 4.98 Å². The first kappa shape index (κ1) is 19.2. The summed E-state index contributed by atoms with van der Waals surface area (Å²) in [7, 11) is 0. The quantitative estimate of drug-likeness (QED) is 0.646. The number of aryl methyl sites for hydroxylation is 1. The zero-order valence-electron chi connectivity index (χ0n) is 17.3. The van der Waals surface area contributed by atoms with Crippen LogP contribution in [0.3, 0.4) is 0 Å². The maximum atomic E-state index is 13.8. The first-order valence-corrected chi connectivity index (χ1v) is 10.4. The number of halogens is 1. The van der Waals surface area contributed by atoms with Crippen molar-refractivity contribution in [2.45, 2.75) is 70.5 Å². The minimum Gasteiger partial charge on any atom is -0.351 e. The lowest BCUT2D eigenvalue weighted by Gasteiger charge is -2.33. The molecule has 0 amide bonds. The molecule has 1 aliphatic carbocycles. The van der Waals surface area contributed by atoms with Crippen LogP contribution >= 0.6 is 0 Å². The number of pyridine rings is 1. The second kappa shape index (κ2) is 7.02. The number of alkyl halides is 1. The fourth-order valence-electron chi connectivity index (χ4n) is 4.51. The molecule has 150 valence electrons. The Morgan fingerprint density at radius 3 is 2.71 bits per heavy atom. The highest BCUT2D eigenvalue weighted by Gasteiger charge is 2.42. The lowest BCUT2D eigenvalue weighted by molar-refractivity contribution is 0.283. The van der Waals surface area contributed by atoms with Crippen molar-refractivity contribution >= 4 is 11.9 Å². The van der Waals surface area contributed by atoms with Crippen molar-refractivity contribution in [3.05, 3.63) is 42.2 Å². The van der Waals surface area contributed by atoms with Crippen molar-refractivity contribution < 1.29 is 4.39 Å². The van der Waals surface area contributed by atoms with E-state index in [1.54, 1.807) is 0 Å². The minimum absolute atomic E-state index is 0.0726. The van der Waals surface area contributed by atoms with Crippen LogP contribution in [0, 0.1) is 5.92 Å². The molecule has 4 nitrogen and oxygen atoms in total. The van der Waals surface area contributed by atoms with Crippen molar-refractivity contribution in [2.75, 3.05) is 11.4 Å². The molecule has 1 aliphatic heterocycles. The van der Waals surface area contributed by atoms with Crippen LogP contribution in [0.2, 0.25) is 0 Å². The van der Waals surface area contributed by atoms with E-state index in [0.29, 0.717) is 12.3 Å². The third-order valence-corrected chi connectivity index (χ3v) is 6.17. The molecular weight excluding hydrogens is 351 g/mol. The van der Waals surface area contributed by atoms with Crippen molar-refractivity contribution in [1.29, 1.82) is 0 Å². The van der Waals surface area contributed by atoms with Gasteiger partial charge in [0.2, 0.25) is 0 Å². The second-order valence-electron chi connectivity index (χ2n) is 9.27. The molecule has 2 aliphatic rings. The Labute approximate surface area is 167 Å². The van der Waals surface area contributed by atoms with Gasteiger partial charge in [-0.2, -0.15) is 5.10 Å². The minimum atomic E-state index is -0.876. The third-order valence-electron chi connectivity index (χ3n) is 6.17. The molecule has 1 atom stereocenters. The zero-order chi connectivity index (χ0) is 19.9. The van der Waals surface area contributed by atoms with Gasteiger partial charge in [0, 0.05) is 23.8 Å². The van der Waals surface area contributed by atoms with E-state index < -0.39 is 5.67 Å². The third kappa shape index (κ3) is 3.85. The van der Waals surface area contributed by atoms with Crippen molar-refractivity contribution in [3.8, 4) is 5.82 Å². The molecule has 0 aromatic carbocycles. The van der Waals surface area contributed by atoms with Crippen LogP contribution in [0.5, 0.6) is 0 Å². The van der Waals surface area contributed by atoms with Gasteiger partial charge < -0.3 is 4.90 Å². The molecule has 5 heteroatoms. The highest BCUT2D eigenvalue weighted by Crippen LogP contribution is 2.44. The maximum absolute atomic E-state index is 13.8. The molecule has 2 aromatic heterocycles. The van der Waals surface area contributed by atoms with Gasteiger partial charge in [-0.3, -0.25) is 0 Å². The van der Waals surface area contributed by atoms with Crippen molar-refractivity contribution in [2.24, 2.45) is 5.92 Å². The van der Waals surface area contributed by atoms with E-state index in [1.165, 1.54) is 0 Å². The Morgan fingerprint density at radius 2 is 2.07 bits per heavy atom. The summed E-state index contributed by atoms with van der Waals surface area (Å²) < 4.78 is 15.6. The van der Waals surface area contributed by atoms with E-state index in [0.717, 1.165) is 61.5 Å². The fourth-order valence-corrected chi connectivity index (χ4v) is 4.51. The van der Waals surface area contributed by atoms with Gasteiger partial charge in [0.1, 0.15) is 11.5 Å². The Morgan fingerprint density at radius 1 is 1.29 bits per heavy atom. The van der Waals surface area contributed by atoms with E-state index in [-0.39, 0.29) is 5.54 Å². The van der Waals surface area contributed by atoms with E-state index in [1.807, 2.05) is 29.1 Å². The molecule has 1 unspecified atom stereocenters. The van der Waals surface area contributed by atoms with Crippen LogP contribution in [0.15, 0.2) is 31.0 Å².